The van der Waals surface area contributed by atoms with Crippen molar-refractivity contribution in [2.45, 2.75) is 6.10 Å². The van der Waals surface area contributed by atoms with Crippen LogP contribution in [0.4, 0.5) is 0 Å². The Morgan fingerprint density at radius 2 is 1.94 bits per heavy atom. The molecule has 0 radical (unpaired) electrons. The van der Waals surface area contributed by atoms with Crippen LogP contribution in [0.25, 0.3) is 0 Å². The first kappa shape index (κ1) is 14.5. The molecule has 1 atom stereocenters. The van der Waals surface area contributed by atoms with E-state index in [0.717, 1.165) is 0 Å². The Kier molecular flexibility index (Phi) is 4.69. The minimum atomic E-state index is -0.722. The van der Waals surface area contributed by atoms with Crippen LogP contribution in [0.15, 0.2) is 24.3 Å². The second kappa shape index (κ2) is 5.84. The van der Waals surface area contributed by atoms with E-state index in [2.05, 4.69) is 0 Å². The fourth-order valence-electron chi connectivity index (χ4n) is 1.58. The summed E-state index contributed by atoms with van der Waals surface area (Å²) in [6.07, 6.45) is -0.722. The zero-order chi connectivity index (χ0) is 13.8. The van der Waals surface area contributed by atoms with Crippen LogP contribution in [0.2, 0.25) is 0 Å². The van der Waals surface area contributed by atoms with Crippen LogP contribution in [-0.4, -0.2) is 61.1 Å². The highest BCUT2D eigenvalue weighted by Gasteiger charge is 2.18. The highest BCUT2D eigenvalue weighted by Crippen LogP contribution is 2.16. The van der Waals surface area contributed by atoms with Crippen molar-refractivity contribution in [3.8, 4) is 5.75 Å². The number of hydrogen-bond acceptors (Lipinski definition) is 4. The number of esters is 1. The maximum atomic E-state index is 11.6. The van der Waals surface area contributed by atoms with Crippen LogP contribution < -0.4 is 0 Å². The van der Waals surface area contributed by atoms with Crippen molar-refractivity contribution < 1.29 is 24.2 Å². The lowest BCUT2D eigenvalue weighted by molar-refractivity contribution is -0.873. The summed E-state index contributed by atoms with van der Waals surface area (Å²) >= 11 is 0. The van der Waals surface area contributed by atoms with Gasteiger partial charge in [-0.15, -0.1) is 0 Å². The predicted octanol–water partition coefficient (Wildman–Crippen LogP) is 0.616. The van der Waals surface area contributed by atoms with Gasteiger partial charge in [0.05, 0.1) is 21.1 Å². The van der Waals surface area contributed by atoms with E-state index >= 15 is 0 Å². The number of para-hydroxylation sites is 1. The summed E-state index contributed by atoms with van der Waals surface area (Å²) in [6, 6.07) is 6.15. The lowest BCUT2D eigenvalue weighted by Crippen LogP contribution is -2.43. The molecule has 0 fully saturated rings. The van der Waals surface area contributed by atoms with Gasteiger partial charge in [0.15, 0.2) is 0 Å². The van der Waals surface area contributed by atoms with E-state index in [4.69, 9.17) is 4.74 Å². The molecule has 18 heavy (non-hydrogen) atoms. The van der Waals surface area contributed by atoms with Gasteiger partial charge in [0.2, 0.25) is 0 Å². The number of likely N-dealkylation sites (N-methyl/N-ethyl adjacent to an activating group) is 1. The van der Waals surface area contributed by atoms with Crippen molar-refractivity contribution >= 4 is 5.97 Å². The van der Waals surface area contributed by atoms with Gasteiger partial charge in [-0.2, -0.15) is 0 Å². The first-order chi connectivity index (χ1) is 8.29. The van der Waals surface area contributed by atoms with Crippen LogP contribution in [0.5, 0.6) is 5.75 Å². The maximum Gasteiger partial charge on any atom is 0.342 e. The normalized spacial score (nSPS) is 13.1. The van der Waals surface area contributed by atoms with Crippen LogP contribution in [0.1, 0.15) is 10.4 Å². The second-order valence-electron chi connectivity index (χ2n) is 5.24. The Labute approximate surface area is 107 Å². The summed E-state index contributed by atoms with van der Waals surface area (Å²) in [6.45, 7) is 0.400. The third-order valence-electron chi connectivity index (χ3n) is 2.29. The molecule has 0 heterocycles. The number of rotatable bonds is 5. The van der Waals surface area contributed by atoms with Gasteiger partial charge in [0.25, 0.3) is 0 Å². The van der Waals surface area contributed by atoms with Gasteiger partial charge >= 0.3 is 5.97 Å². The van der Waals surface area contributed by atoms with Crippen LogP contribution in [-0.2, 0) is 4.74 Å². The highest BCUT2D eigenvalue weighted by atomic mass is 16.5. The Morgan fingerprint density at radius 3 is 2.50 bits per heavy atom. The number of carbonyl (C=O) groups excluding carboxylic acids is 1. The Hall–Kier alpha value is -1.59. The molecule has 0 aliphatic heterocycles. The van der Waals surface area contributed by atoms with Gasteiger partial charge in [0, 0.05) is 0 Å². The van der Waals surface area contributed by atoms with Gasteiger partial charge < -0.3 is 19.4 Å². The van der Waals surface area contributed by atoms with Gasteiger partial charge in [-0.05, 0) is 12.1 Å². The number of aliphatic hydroxyl groups excluding tert-OH is 1. The molecule has 5 heteroatoms. The standard InChI is InChI=1S/C13H19NO4/c1-14(2,3)8-10(15)9-18-13(17)11-6-4-5-7-12(11)16/h4-7,10,15H,8-9H2,1-3H3/p+1. The number of ether oxygens (including phenoxy) is 1. The molecule has 0 aliphatic rings. The molecule has 0 bridgehead atoms. The molecule has 0 aliphatic carbocycles. The predicted molar refractivity (Wildman–Crippen MR) is 67.3 cm³/mol. The first-order valence-corrected chi connectivity index (χ1v) is 5.73. The molecule has 2 N–H and O–H groups in total. The summed E-state index contributed by atoms with van der Waals surface area (Å²) in [7, 11) is 5.82. The number of quaternary nitrogens is 1. The number of phenolic OH excluding ortho intramolecular Hbond substituents is 1. The van der Waals surface area contributed by atoms with Gasteiger partial charge in [-0.3, -0.25) is 0 Å². The minimum absolute atomic E-state index is 0.0807. The van der Waals surface area contributed by atoms with E-state index in [0.29, 0.717) is 11.0 Å². The number of nitrogens with zero attached hydrogens (tertiary/aromatic N) is 1. The number of phenols is 1. The van der Waals surface area contributed by atoms with Crippen molar-refractivity contribution in [1.82, 2.24) is 0 Å². The monoisotopic (exact) mass is 254 g/mol. The van der Waals surface area contributed by atoms with Crippen molar-refractivity contribution in [3.05, 3.63) is 29.8 Å². The summed E-state index contributed by atoms with van der Waals surface area (Å²) in [5.74, 6) is -0.753. The maximum absolute atomic E-state index is 11.6. The average molecular weight is 254 g/mol. The van der Waals surface area contributed by atoms with E-state index in [1.165, 1.54) is 12.1 Å². The lowest BCUT2D eigenvalue weighted by atomic mass is 10.2. The molecule has 0 saturated heterocycles. The Bertz CT molecular complexity index is 412. The third kappa shape index (κ3) is 4.73. The topological polar surface area (TPSA) is 66.8 Å². The van der Waals surface area contributed by atoms with E-state index in [-0.39, 0.29) is 17.9 Å². The van der Waals surface area contributed by atoms with E-state index in [9.17, 15) is 15.0 Å². The number of aromatic hydroxyl groups is 1. The summed E-state index contributed by atoms with van der Waals surface area (Å²) in [5, 5.41) is 19.2. The minimum Gasteiger partial charge on any atom is -0.507 e. The summed E-state index contributed by atoms with van der Waals surface area (Å²) < 4.78 is 5.54. The molecule has 1 aromatic rings. The molecular weight excluding hydrogens is 234 g/mol. The number of carbonyl (C=O) groups is 1. The second-order valence-corrected chi connectivity index (χ2v) is 5.24. The van der Waals surface area contributed by atoms with E-state index in [1.54, 1.807) is 12.1 Å². The zero-order valence-corrected chi connectivity index (χ0v) is 11.0. The van der Waals surface area contributed by atoms with Crippen molar-refractivity contribution in [2.24, 2.45) is 0 Å². The van der Waals surface area contributed by atoms with Crippen LogP contribution in [0.3, 0.4) is 0 Å². The number of hydrogen-bond donors (Lipinski definition) is 2. The Balaban J connectivity index is 2.50. The summed E-state index contributed by atoms with van der Waals surface area (Å²) in [5.41, 5.74) is 0.106. The molecule has 0 aromatic heterocycles. The van der Waals surface area contributed by atoms with E-state index < -0.39 is 12.1 Å². The molecule has 0 saturated carbocycles. The largest absolute Gasteiger partial charge is 0.507 e. The zero-order valence-electron chi connectivity index (χ0n) is 11.0. The molecule has 1 aromatic carbocycles. The van der Waals surface area contributed by atoms with Gasteiger partial charge in [0.1, 0.15) is 30.6 Å². The number of aliphatic hydroxyl groups is 1. The van der Waals surface area contributed by atoms with Crippen molar-refractivity contribution in [1.29, 1.82) is 0 Å². The molecule has 0 spiro atoms. The SMILES string of the molecule is C[N+](C)(C)CC(O)COC(=O)c1ccccc1O. The summed E-state index contributed by atoms with van der Waals surface area (Å²) in [4.78, 5) is 11.6. The van der Waals surface area contributed by atoms with Crippen LogP contribution >= 0.6 is 0 Å². The quantitative estimate of drug-likeness (QED) is 0.597. The fourth-order valence-corrected chi connectivity index (χ4v) is 1.58. The van der Waals surface area contributed by atoms with Gasteiger partial charge in [-0.1, -0.05) is 12.1 Å². The Morgan fingerprint density at radius 1 is 1.33 bits per heavy atom. The molecule has 100 valence electrons. The molecule has 5 nitrogen and oxygen atoms in total. The number of benzene rings is 1. The van der Waals surface area contributed by atoms with E-state index in [1.807, 2.05) is 21.1 Å². The molecule has 1 rings (SSSR count). The first-order valence-electron chi connectivity index (χ1n) is 5.73. The smallest absolute Gasteiger partial charge is 0.342 e. The molecule has 1 unspecified atom stereocenters. The molecular formula is C13H20NO4+. The van der Waals surface area contributed by atoms with Crippen molar-refractivity contribution in [3.63, 3.8) is 0 Å². The average Bonchev–Trinajstić information content (AvgIpc) is 2.24. The third-order valence-corrected chi connectivity index (χ3v) is 2.29. The van der Waals surface area contributed by atoms with Crippen molar-refractivity contribution in [2.75, 3.05) is 34.3 Å². The highest BCUT2D eigenvalue weighted by molar-refractivity contribution is 5.92. The fraction of sp³-hybridized carbons (Fsp3) is 0.462. The van der Waals surface area contributed by atoms with Crippen LogP contribution in [0, 0.1) is 0 Å². The van der Waals surface area contributed by atoms with Gasteiger partial charge in [-0.25, -0.2) is 4.79 Å². The lowest BCUT2D eigenvalue weighted by Gasteiger charge is -2.26. The molecule has 0 amide bonds.